The number of ether oxygens (including phenoxy) is 1. The van der Waals surface area contributed by atoms with Gasteiger partial charge in [0.05, 0.1) is 18.6 Å². The molecule has 2 aromatic carbocycles. The number of hydrogen-bond donors (Lipinski definition) is 1. The minimum absolute atomic E-state index is 0.0979. The van der Waals surface area contributed by atoms with Crippen molar-refractivity contribution in [3.63, 3.8) is 0 Å². The Morgan fingerprint density at radius 3 is 2.30 bits per heavy atom. The van der Waals surface area contributed by atoms with Crippen LogP contribution in [-0.2, 0) is 26.0 Å². The Bertz CT molecular complexity index is 1180. The highest BCUT2D eigenvalue weighted by molar-refractivity contribution is 7.92. The maximum absolute atomic E-state index is 13.7. The number of nitrogens with one attached hydrogen (secondary N) is 1. The first-order valence-electron chi connectivity index (χ1n) is 14.6. The van der Waals surface area contributed by atoms with E-state index in [1.807, 2.05) is 44.2 Å². The van der Waals surface area contributed by atoms with Gasteiger partial charge in [-0.25, -0.2) is 8.42 Å². The van der Waals surface area contributed by atoms with Crippen molar-refractivity contribution in [1.82, 2.24) is 10.2 Å². The number of hydrogen-bond acceptors (Lipinski definition) is 5. The van der Waals surface area contributed by atoms with Crippen LogP contribution in [0.25, 0.3) is 0 Å². The fourth-order valence-electron chi connectivity index (χ4n) is 5.36. The van der Waals surface area contributed by atoms with E-state index in [0.717, 1.165) is 37.5 Å². The van der Waals surface area contributed by atoms with E-state index in [1.165, 1.54) is 10.7 Å². The van der Waals surface area contributed by atoms with Gasteiger partial charge in [-0.1, -0.05) is 68.7 Å². The van der Waals surface area contributed by atoms with Crippen molar-refractivity contribution in [2.45, 2.75) is 83.7 Å². The predicted octanol–water partition coefficient (Wildman–Crippen LogP) is 4.93. The molecule has 1 atom stereocenters. The van der Waals surface area contributed by atoms with Crippen LogP contribution in [0.3, 0.4) is 0 Å². The summed E-state index contributed by atoms with van der Waals surface area (Å²) in [5, 5.41) is 3.20. The van der Waals surface area contributed by atoms with Crippen LogP contribution in [0.4, 0.5) is 5.69 Å². The molecule has 8 nitrogen and oxygen atoms in total. The fourth-order valence-corrected chi connectivity index (χ4v) is 6.33. The number of nitrogens with zero attached hydrogens (tertiary/aromatic N) is 2. The molecule has 1 aliphatic rings. The van der Waals surface area contributed by atoms with Crippen molar-refractivity contribution < 1.29 is 22.7 Å². The SMILES string of the molecule is CCOc1ccccc1N(CCCC(=O)N(CCc1ccccc1)[C@H](CC)C(=O)NC1CCCCC1)S(C)(=O)=O. The van der Waals surface area contributed by atoms with Crippen LogP contribution < -0.4 is 14.4 Å². The van der Waals surface area contributed by atoms with E-state index in [1.54, 1.807) is 29.2 Å². The van der Waals surface area contributed by atoms with E-state index in [0.29, 0.717) is 43.9 Å². The number of sulfonamides is 1. The molecule has 2 aromatic rings. The number of rotatable bonds is 15. The lowest BCUT2D eigenvalue weighted by Crippen LogP contribution is -2.52. The molecule has 0 aliphatic heterocycles. The van der Waals surface area contributed by atoms with Crippen LogP contribution >= 0.6 is 0 Å². The number of carbonyl (C=O) groups is 2. The molecule has 0 radical (unpaired) electrons. The Labute approximate surface area is 240 Å². The first-order valence-corrected chi connectivity index (χ1v) is 16.4. The van der Waals surface area contributed by atoms with Crippen LogP contribution in [-0.4, -0.2) is 63.2 Å². The molecule has 40 heavy (non-hydrogen) atoms. The lowest BCUT2D eigenvalue weighted by molar-refractivity contribution is -0.141. The Balaban J connectivity index is 1.73. The van der Waals surface area contributed by atoms with Gasteiger partial charge in [0.2, 0.25) is 21.8 Å². The highest BCUT2D eigenvalue weighted by Gasteiger charge is 2.30. The number of para-hydroxylation sites is 2. The number of carbonyl (C=O) groups excluding carboxylic acids is 2. The zero-order valence-electron chi connectivity index (χ0n) is 24.2. The maximum atomic E-state index is 13.7. The summed E-state index contributed by atoms with van der Waals surface area (Å²) in [7, 11) is -3.61. The molecule has 0 heterocycles. The van der Waals surface area contributed by atoms with E-state index >= 15 is 0 Å². The van der Waals surface area contributed by atoms with Gasteiger partial charge in [0.25, 0.3) is 0 Å². The van der Waals surface area contributed by atoms with Gasteiger partial charge in [-0.15, -0.1) is 0 Å². The first kappa shape index (κ1) is 31.5. The topological polar surface area (TPSA) is 96.0 Å². The summed E-state index contributed by atoms with van der Waals surface area (Å²) in [6.45, 7) is 4.74. The van der Waals surface area contributed by atoms with Crippen LogP contribution in [0.1, 0.15) is 70.8 Å². The minimum Gasteiger partial charge on any atom is -0.492 e. The Morgan fingerprint density at radius 1 is 0.975 bits per heavy atom. The van der Waals surface area contributed by atoms with Crippen molar-refractivity contribution in [1.29, 1.82) is 0 Å². The van der Waals surface area contributed by atoms with E-state index in [2.05, 4.69) is 5.32 Å². The largest absolute Gasteiger partial charge is 0.492 e. The average Bonchev–Trinajstić information content (AvgIpc) is 2.94. The van der Waals surface area contributed by atoms with Crippen LogP contribution in [0.15, 0.2) is 54.6 Å². The summed E-state index contributed by atoms with van der Waals surface area (Å²) in [5.74, 6) is 0.240. The second kappa shape index (κ2) is 15.6. The van der Waals surface area contributed by atoms with E-state index in [-0.39, 0.29) is 30.8 Å². The molecule has 0 spiro atoms. The third kappa shape index (κ3) is 9.25. The van der Waals surface area contributed by atoms with Crippen molar-refractivity contribution in [2.75, 3.05) is 30.3 Å². The summed E-state index contributed by atoms with van der Waals surface area (Å²) >= 11 is 0. The van der Waals surface area contributed by atoms with Crippen LogP contribution in [0, 0.1) is 0 Å². The van der Waals surface area contributed by atoms with Crippen molar-refractivity contribution in [3.05, 3.63) is 60.2 Å². The van der Waals surface area contributed by atoms with Crippen LogP contribution in [0.2, 0.25) is 0 Å². The first-order chi connectivity index (χ1) is 19.2. The lowest BCUT2D eigenvalue weighted by Gasteiger charge is -2.33. The molecule has 9 heteroatoms. The molecule has 2 amide bonds. The Hall–Kier alpha value is -3.07. The van der Waals surface area contributed by atoms with Gasteiger partial charge in [-0.2, -0.15) is 0 Å². The van der Waals surface area contributed by atoms with Crippen molar-refractivity contribution >= 4 is 27.5 Å². The normalized spacial score (nSPS) is 14.8. The number of anilines is 1. The maximum Gasteiger partial charge on any atom is 0.243 e. The molecule has 1 aliphatic carbocycles. The van der Waals surface area contributed by atoms with Gasteiger partial charge in [0, 0.05) is 25.6 Å². The molecule has 1 saturated carbocycles. The smallest absolute Gasteiger partial charge is 0.243 e. The van der Waals surface area contributed by atoms with E-state index in [4.69, 9.17) is 4.74 Å². The molecule has 1 N–H and O–H groups in total. The second-order valence-electron chi connectivity index (χ2n) is 10.4. The molecular formula is C31H45N3O5S. The summed E-state index contributed by atoms with van der Waals surface area (Å²) in [5.41, 5.74) is 1.55. The van der Waals surface area contributed by atoms with Gasteiger partial charge in [0.15, 0.2) is 0 Å². The molecule has 0 aromatic heterocycles. The quantitative estimate of drug-likeness (QED) is 0.327. The third-order valence-electron chi connectivity index (χ3n) is 7.41. The highest BCUT2D eigenvalue weighted by atomic mass is 32.2. The molecule has 0 bridgehead atoms. The minimum atomic E-state index is -3.61. The molecule has 0 saturated heterocycles. The van der Waals surface area contributed by atoms with E-state index < -0.39 is 16.1 Å². The summed E-state index contributed by atoms with van der Waals surface area (Å²) < 4.78 is 32.4. The zero-order chi connectivity index (χ0) is 29.0. The Morgan fingerprint density at radius 2 is 1.65 bits per heavy atom. The monoisotopic (exact) mass is 571 g/mol. The lowest BCUT2D eigenvalue weighted by atomic mass is 9.95. The van der Waals surface area contributed by atoms with Gasteiger partial charge >= 0.3 is 0 Å². The average molecular weight is 572 g/mol. The molecule has 3 rings (SSSR count). The molecule has 220 valence electrons. The van der Waals surface area contributed by atoms with Gasteiger partial charge < -0.3 is 15.0 Å². The molecule has 1 fully saturated rings. The van der Waals surface area contributed by atoms with Crippen molar-refractivity contribution in [2.24, 2.45) is 0 Å². The zero-order valence-corrected chi connectivity index (χ0v) is 25.0. The van der Waals surface area contributed by atoms with E-state index in [9.17, 15) is 18.0 Å². The molecular weight excluding hydrogens is 526 g/mol. The number of amides is 2. The standard InChI is InChI=1S/C31H45N3O5S/c1-4-27(31(36)32-26-17-10-7-11-18-26)33(24-22-25-15-8-6-9-16-25)30(35)21-14-23-34(40(3,37)38)28-19-12-13-20-29(28)39-5-2/h6,8-9,12-13,15-16,19-20,26-27H,4-5,7,10-11,14,17-18,21-24H2,1-3H3,(H,32,36)/t27-/m1/s1. The third-order valence-corrected chi connectivity index (χ3v) is 8.59. The summed E-state index contributed by atoms with van der Waals surface area (Å²) in [4.78, 5) is 28.7. The van der Waals surface area contributed by atoms with Gasteiger partial charge in [-0.3, -0.25) is 13.9 Å². The number of benzene rings is 2. The van der Waals surface area contributed by atoms with Gasteiger partial charge in [0.1, 0.15) is 11.8 Å². The second-order valence-corrected chi connectivity index (χ2v) is 12.3. The summed E-state index contributed by atoms with van der Waals surface area (Å²) in [6, 6.07) is 16.5. The van der Waals surface area contributed by atoms with Crippen molar-refractivity contribution in [3.8, 4) is 5.75 Å². The predicted molar refractivity (Wildman–Crippen MR) is 160 cm³/mol. The molecule has 0 unspecified atom stereocenters. The summed E-state index contributed by atoms with van der Waals surface area (Å²) in [6.07, 6.45) is 8.13. The Kier molecular flexibility index (Phi) is 12.3. The van der Waals surface area contributed by atoms with Gasteiger partial charge in [-0.05, 0) is 56.7 Å². The van der Waals surface area contributed by atoms with Crippen LogP contribution in [0.5, 0.6) is 5.75 Å². The highest BCUT2D eigenvalue weighted by Crippen LogP contribution is 2.30. The fraction of sp³-hybridized carbons (Fsp3) is 0.548.